The number of allylic oxidation sites excluding steroid dienone is 1. The van der Waals surface area contributed by atoms with Crippen LogP contribution in [0.25, 0.3) is 0 Å². The lowest BCUT2D eigenvalue weighted by Gasteiger charge is -2.58. The molecule has 0 aromatic rings. The molecule has 0 spiro atoms. The molecule has 4 aliphatic carbocycles. The normalized spacial score (nSPS) is 45.8. The first kappa shape index (κ1) is 21.9. The van der Waals surface area contributed by atoms with Gasteiger partial charge in [0.05, 0.1) is 11.7 Å². The van der Waals surface area contributed by atoms with Crippen molar-refractivity contribution in [3.05, 3.63) is 11.6 Å². The van der Waals surface area contributed by atoms with Crippen LogP contribution in [-0.4, -0.2) is 21.9 Å². The second kappa shape index (κ2) is 7.66. The molecule has 3 unspecified atom stereocenters. The average molecular weight is 403 g/mol. The number of fused-ring (bicyclic) bond motifs is 5. The standard InChI is InChI=1S/C27H46O2/c1-18(7-6-14-25(2,3)29)22-10-11-23-21-9-8-19-17-20(28)12-15-26(19,4)24(21)13-16-27(22,23)5/h8,18,20-24,28-29H,6-7,9-17H2,1-5H3/t18-,20+,21?,22-,23?,24?,26+,27-/m1/s1. The van der Waals surface area contributed by atoms with Gasteiger partial charge in [-0.25, -0.2) is 0 Å². The van der Waals surface area contributed by atoms with E-state index in [2.05, 4.69) is 26.8 Å². The maximum Gasteiger partial charge on any atom is 0.0591 e. The van der Waals surface area contributed by atoms with Gasteiger partial charge in [-0.1, -0.05) is 45.3 Å². The zero-order valence-electron chi connectivity index (χ0n) is 19.7. The lowest BCUT2D eigenvalue weighted by molar-refractivity contribution is -0.0575. The Bertz CT molecular complexity index is 631. The largest absolute Gasteiger partial charge is 0.393 e. The lowest BCUT2D eigenvalue weighted by atomic mass is 9.47. The van der Waals surface area contributed by atoms with E-state index in [4.69, 9.17) is 0 Å². The Morgan fingerprint density at radius 1 is 1.10 bits per heavy atom. The Morgan fingerprint density at radius 2 is 1.86 bits per heavy atom. The maximum atomic E-state index is 10.2. The second-order valence-corrected chi connectivity index (χ2v) is 12.6. The van der Waals surface area contributed by atoms with Crippen LogP contribution in [0.2, 0.25) is 0 Å². The van der Waals surface area contributed by atoms with Crippen LogP contribution in [0.3, 0.4) is 0 Å². The summed E-state index contributed by atoms with van der Waals surface area (Å²) >= 11 is 0. The van der Waals surface area contributed by atoms with E-state index in [1.807, 2.05) is 13.8 Å². The fraction of sp³-hybridized carbons (Fsp3) is 0.926. The van der Waals surface area contributed by atoms with Crippen molar-refractivity contribution in [1.29, 1.82) is 0 Å². The number of hydrogen-bond acceptors (Lipinski definition) is 2. The molecule has 4 rings (SSSR count). The molecular weight excluding hydrogens is 356 g/mol. The fourth-order valence-electron chi connectivity index (χ4n) is 8.67. The van der Waals surface area contributed by atoms with Crippen LogP contribution >= 0.6 is 0 Å². The summed E-state index contributed by atoms with van der Waals surface area (Å²) in [5.74, 6) is 4.24. The summed E-state index contributed by atoms with van der Waals surface area (Å²) in [6, 6.07) is 0. The van der Waals surface area contributed by atoms with Crippen molar-refractivity contribution in [1.82, 2.24) is 0 Å². The molecule has 0 aromatic carbocycles. The summed E-state index contributed by atoms with van der Waals surface area (Å²) in [5.41, 5.74) is 1.95. The molecule has 8 atom stereocenters. The van der Waals surface area contributed by atoms with E-state index in [-0.39, 0.29) is 6.10 Å². The predicted octanol–water partition coefficient (Wildman–Crippen LogP) is 6.50. The van der Waals surface area contributed by atoms with Crippen molar-refractivity contribution in [2.75, 3.05) is 0 Å². The van der Waals surface area contributed by atoms with Gasteiger partial charge in [-0.05, 0) is 112 Å². The summed E-state index contributed by atoms with van der Waals surface area (Å²) in [4.78, 5) is 0. The van der Waals surface area contributed by atoms with E-state index in [9.17, 15) is 10.2 Å². The second-order valence-electron chi connectivity index (χ2n) is 12.6. The molecule has 2 nitrogen and oxygen atoms in total. The number of hydrogen-bond donors (Lipinski definition) is 2. The Balaban J connectivity index is 1.47. The number of rotatable bonds is 5. The average Bonchev–Trinajstić information content (AvgIpc) is 2.98. The van der Waals surface area contributed by atoms with E-state index < -0.39 is 5.60 Å². The van der Waals surface area contributed by atoms with Gasteiger partial charge in [-0.15, -0.1) is 0 Å². The van der Waals surface area contributed by atoms with Crippen LogP contribution < -0.4 is 0 Å². The van der Waals surface area contributed by atoms with Gasteiger partial charge >= 0.3 is 0 Å². The smallest absolute Gasteiger partial charge is 0.0591 e. The molecule has 2 N–H and O–H groups in total. The predicted molar refractivity (Wildman–Crippen MR) is 121 cm³/mol. The first-order valence-electron chi connectivity index (χ1n) is 12.6. The zero-order chi connectivity index (χ0) is 21.0. The minimum absolute atomic E-state index is 0.0969. The Hall–Kier alpha value is -0.340. The third-order valence-electron chi connectivity index (χ3n) is 10.3. The summed E-state index contributed by atoms with van der Waals surface area (Å²) in [5, 5.41) is 20.3. The monoisotopic (exact) mass is 402 g/mol. The van der Waals surface area contributed by atoms with Gasteiger partial charge in [-0.3, -0.25) is 0 Å². The van der Waals surface area contributed by atoms with Gasteiger partial charge in [0.25, 0.3) is 0 Å². The third kappa shape index (κ3) is 3.86. The van der Waals surface area contributed by atoms with E-state index in [0.29, 0.717) is 10.8 Å². The van der Waals surface area contributed by atoms with E-state index in [0.717, 1.165) is 55.3 Å². The van der Waals surface area contributed by atoms with Crippen LogP contribution in [-0.2, 0) is 0 Å². The van der Waals surface area contributed by atoms with Gasteiger partial charge in [0.15, 0.2) is 0 Å². The summed E-state index contributed by atoms with van der Waals surface area (Å²) in [6.45, 7) is 11.6. The van der Waals surface area contributed by atoms with Crippen molar-refractivity contribution in [3.8, 4) is 0 Å². The molecule has 29 heavy (non-hydrogen) atoms. The van der Waals surface area contributed by atoms with E-state index >= 15 is 0 Å². The number of aliphatic hydroxyl groups is 2. The van der Waals surface area contributed by atoms with Crippen molar-refractivity contribution in [3.63, 3.8) is 0 Å². The maximum absolute atomic E-state index is 10.2. The van der Waals surface area contributed by atoms with Crippen molar-refractivity contribution in [2.24, 2.45) is 40.4 Å². The molecule has 166 valence electrons. The molecule has 2 heteroatoms. The molecular formula is C27H46O2. The van der Waals surface area contributed by atoms with Crippen LogP contribution in [0.4, 0.5) is 0 Å². The molecule has 0 amide bonds. The third-order valence-corrected chi connectivity index (χ3v) is 10.3. The number of aliphatic hydroxyl groups excluding tert-OH is 1. The van der Waals surface area contributed by atoms with Crippen molar-refractivity contribution in [2.45, 2.75) is 117 Å². The molecule has 3 fully saturated rings. The summed E-state index contributed by atoms with van der Waals surface area (Å²) in [7, 11) is 0. The highest BCUT2D eigenvalue weighted by Crippen LogP contribution is 2.67. The fourth-order valence-corrected chi connectivity index (χ4v) is 8.67. The van der Waals surface area contributed by atoms with Crippen molar-refractivity contribution < 1.29 is 10.2 Å². The minimum atomic E-state index is -0.519. The van der Waals surface area contributed by atoms with Crippen molar-refractivity contribution >= 4 is 0 Å². The van der Waals surface area contributed by atoms with Gasteiger partial charge in [0, 0.05) is 0 Å². The van der Waals surface area contributed by atoms with Gasteiger partial charge in [-0.2, -0.15) is 0 Å². The first-order chi connectivity index (χ1) is 13.5. The molecule has 0 heterocycles. The molecule has 0 saturated heterocycles. The van der Waals surface area contributed by atoms with Crippen LogP contribution in [0.5, 0.6) is 0 Å². The Morgan fingerprint density at radius 3 is 2.59 bits per heavy atom. The minimum Gasteiger partial charge on any atom is -0.393 e. The highest BCUT2D eigenvalue weighted by atomic mass is 16.3. The highest BCUT2D eigenvalue weighted by molar-refractivity contribution is 5.25. The SMILES string of the molecule is C[C@H](CCCC(C)(C)O)[C@H]1CCC2C3CC=C4C[C@@H](O)CC[C@]4(C)C3CC[C@@]21C. The summed E-state index contributed by atoms with van der Waals surface area (Å²) < 4.78 is 0. The summed E-state index contributed by atoms with van der Waals surface area (Å²) in [6.07, 6.45) is 15.9. The highest BCUT2D eigenvalue weighted by Gasteiger charge is 2.59. The molecule has 0 aliphatic heterocycles. The lowest BCUT2D eigenvalue weighted by Crippen LogP contribution is -2.50. The van der Waals surface area contributed by atoms with Crippen LogP contribution in [0.1, 0.15) is 105 Å². The molecule has 0 bridgehead atoms. The van der Waals surface area contributed by atoms with Crippen LogP contribution in [0.15, 0.2) is 11.6 Å². The Kier molecular flexibility index (Phi) is 5.78. The quantitative estimate of drug-likeness (QED) is 0.515. The molecule has 0 aromatic heterocycles. The van der Waals surface area contributed by atoms with Gasteiger partial charge < -0.3 is 10.2 Å². The Labute approximate surface area is 179 Å². The molecule has 3 saturated carbocycles. The zero-order valence-corrected chi connectivity index (χ0v) is 19.7. The van der Waals surface area contributed by atoms with Gasteiger partial charge in [0.2, 0.25) is 0 Å². The molecule has 4 aliphatic rings. The molecule has 0 radical (unpaired) electrons. The topological polar surface area (TPSA) is 40.5 Å². The first-order valence-corrected chi connectivity index (χ1v) is 12.6. The van der Waals surface area contributed by atoms with E-state index in [1.54, 1.807) is 5.57 Å². The van der Waals surface area contributed by atoms with Crippen LogP contribution in [0, 0.1) is 40.4 Å². The van der Waals surface area contributed by atoms with E-state index in [1.165, 1.54) is 44.9 Å². The van der Waals surface area contributed by atoms with Gasteiger partial charge in [0.1, 0.15) is 0 Å².